The molecule has 0 fully saturated rings. The number of carbonyl (C=O) groups excluding carboxylic acids is 2. The summed E-state index contributed by atoms with van der Waals surface area (Å²) in [4.78, 5) is 18.1. The number of aryl methyl sites for hydroxylation is 2. The first-order valence-corrected chi connectivity index (χ1v) is 6.32. The standard InChI is InChI=1S/C8H10.C4H11N.C2H6.2CH2O/c1-7-5-3-4-6-8(7)2;1-4-5(2)3;3*1-2/h3-6H,1-2H3;4H2,1-3H3;1-2H3;2*1H2. The summed E-state index contributed by atoms with van der Waals surface area (Å²) in [6, 6.07) is 8.36. The Morgan fingerprint density at radius 2 is 1.11 bits per heavy atom. The molecule has 0 saturated heterocycles. The molecule has 3 heteroatoms. The predicted octanol–water partition coefficient (Wildman–Crippen LogP) is 3.53. The minimum atomic E-state index is 1.14. The van der Waals surface area contributed by atoms with Crippen LogP contribution in [0.2, 0.25) is 0 Å². The van der Waals surface area contributed by atoms with Crippen molar-refractivity contribution >= 4 is 13.6 Å². The van der Waals surface area contributed by atoms with E-state index in [0.29, 0.717) is 0 Å². The van der Waals surface area contributed by atoms with Crippen LogP contribution in [-0.4, -0.2) is 39.1 Å². The first-order chi connectivity index (χ1) is 9.07. The highest BCUT2D eigenvalue weighted by Crippen LogP contribution is 2.02. The molecule has 0 atom stereocenters. The van der Waals surface area contributed by atoms with Crippen molar-refractivity contribution in [1.82, 2.24) is 4.90 Å². The number of nitrogens with zero attached hydrogens (tertiary/aromatic N) is 1. The number of carbonyl (C=O) groups is 2. The number of benzene rings is 1. The molecule has 1 aromatic rings. The summed E-state index contributed by atoms with van der Waals surface area (Å²) in [5.74, 6) is 0. The molecule has 1 aromatic carbocycles. The first kappa shape index (κ1) is 26.2. The zero-order valence-corrected chi connectivity index (χ0v) is 13.7. The fraction of sp³-hybridized carbons (Fsp3) is 0.500. The van der Waals surface area contributed by atoms with Crippen LogP contribution in [-0.2, 0) is 9.59 Å². The Morgan fingerprint density at radius 3 is 1.21 bits per heavy atom. The smallest absolute Gasteiger partial charge is 0.106 e. The maximum Gasteiger partial charge on any atom is 0.106 e. The van der Waals surface area contributed by atoms with Crippen molar-refractivity contribution in [2.24, 2.45) is 0 Å². The lowest BCUT2D eigenvalue weighted by atomic mass is 10.1. The summed E-state index contributed by atoms with van der Waals surface area (Å²) in [5.41, 5.74) is 2.74. The summed E-state index contributed by atoms with van der Waals surface area (Å²) in [6.07, 6.45) is 0. The molecule has 1 rings (SSSR count). The first-order valence-electron chi connectivity index (χ1n) is 6.32. The van der Waals surface area contributed by atoms with Gasteiger partial charge in [0, 0.05) is 0 Å². The van der Waals surface area contributed by atoms with E-state index < -0.39 is 0 Å². The molecular formula is C16H31NO2. The minimum Gasteiger partial charge on any atom is -0.310 e. The van der Waals surface area contributed by atoms with Gasteiger partial charge in [-0.2, -0.15) is 0 Å². The Morgan fingerprint density at radius 1 is 0.895 bits per heavy atom. The third-order valence-corrected chi connectivity index (χ3v) is 2.06. The second-order valence-electron chi connectivity index (χ2n) is 3.48. The van der Waals surface area contributed by atoms with E-state index in [9.17, 15) is 0 Å². The van der Waals surface area contributed by atoms with Gasteiger partial charge in [-0.25, -0.2) is 0 Å². The lowest BCUT2D eigenvalue weighted by Gasteiger charge is -2.00. The van der Waals surface area contributed by atoms with E-state index >= 15 is 0 Å². The topological polar surface area (TPSA) is 37.4 Å². The molecule has 112 valence electrons. The predicted molar refractivity (Wildman–Crippen MR) is 85.7 cm³/mol. The van der Waals surface area contributed by atoms with Gasteiger partial charge in [0.1, 0.15) is 13.6 Å². The van der Waals surface area contributed by atoms with Crippen molar-refractivity contribution in [3.8, 4) is 0 Å². The fourth-order valence-electron chi connectivity index (χ4n) is 0.663. The Hall–Kier alpha value is -1.48. The van der Waals surface area contributed by atoms with E-state index in [1.807, 2.05) is 27.4 Å². The van der Waals surface area contributed by atoms with Gasteiger partial charge in [0.05, 0.1) is 0 Å². The summed E-state index contributed by atoms with van der Waals surface area (Å²) in [7, 11) is 4.11. The molecular weight excluding hydrogens is 238 g/mol. The Kier molecular flexibility index (Phi) is 34.9. The van der Waals surface area contributed by atoms with Gasteiger partial charge in [-0.1, -0.05) is 45.0 Å². The zero-order chi connectivity index (χ0) is 16.3. The SMILES string of the molecule is C=O.C=O.CC.CCN(C)C.Cc1ccccc1C. The van der Waals surface area contributed by atoms with Crippen molar-refractivity contribution in [3.63, 3.8) is 0 Å². The van der Waals surface area contributed by atoms with Gasteiger partial charge in [-0.3, -0.25) is 0 Å². The summed E-state index contributed by atoms with van der Waals surface area (Å²) in [6.45, 7) is 15.5. The van der Waals surface area contributed by atoms with Gasteiger partial charge >= 0.3 is 0 Å². The molecule has 0 N–H and O–H groups in total. The molecule has 0 amide bonds. The van der Waals surface area contributed by atoms with Crippen LogP contribution in [0.1, 0.15) is 31.9 Å². The third kappa shape index (κ3) is 26.2. The molecule has 19 heavy (non-hydrogen) atoms. The van der Waals surface area contributed by atoms with E-state index in [1.165, 1.54) is 11.1 Å². The minimum absolute atomic E-state index is 1.14. The molecule has 0 aliphatic rings. The quantitative estimate of drug-likeness (QED) is 0.782. The highest BCUT2D eigenvalue weighted by Gasteiger charge is 1.83. The van der Waals surface area contributed by atoms with Crippen molar-refractivity contribution in [2.75, 3.05) is 20.6 Å². The van der Waals surface area contributed by atoms with Gasteiger partial charge < -0.3 is 14.5 Å². The zero-order valence-electron chi connectivity index (χ0n) is 13.7. The highest BCUT2D eigenvalue weighted by molar-refractivity contribution is 5.23. The van der Waals surface area contributed by atoms with Crippen LogP contribution in [0.4, 0.5) is 0 Å². The van der Waals surface area contributed by atoms with Crippen LogP contribution in [0.3, 0.4) is 0 Å². The summed E-state index contributed by atoms with van der Waals surface area (Å²) >= 11 is 0. The number of hydrogen-bond donors (Lipinski definition) is 0. The Bertz CT molecular complexity index is 240. The number of hydrogen-bond acceptors (Lipinski definition) is 3. The normalized spacial score (nSPS) is 7.16. The van der Waals surface area contributed by atoms with Crippen LogP contribution in [0.5, 0.6) is 0 Å². The summed E-state index contributed by atoms with van der Waals surface area (Å²) in [5, 5.41) is 0. The molecule has 0 radical (unpaired) electrons. The maximum atomic E-state index is 8.00. The Balaban J connectivity index is -0.0000000892. The molecule has 0 spiro atoms. The van der Waals surface area contributed by atoms with E-state index in [1.54, 1.807) is 0 Å². The van der Waals surface area contributed by atoms with Gasteiger partial charge in [0.25, 0.3) is 0 Å². The van der Waals surface area contributed by atoms with Crippen LogP contribution in [0, 0.1) is 13.8 Å². The summed E-state index contributed by atoms with van der Waals surface area (Å²) < 4.78 is 0. The molecule has 0 unspecified atom stereocenters. The third-order valence-electron chi connectivity index (χ3n) is 2.06. The largest absolute Gasteiger partial charge is 0.310 e. The number of rotatable bonds is 1. The van der Waals surface area contributed by atoms with Crippen LogP contribution < -0.4 is 0 Å². The fourth-order valence-corrected chi connectivity index (χ4v) is 0.663. The molecule has 0 saturated carbocycles. The highest BCUT2D eigenvalue weighted by atomic mass is 16.1. The second kappa shape index (κ2) is 25.4. The molecule has 0 bridgehead atoms. The average Bonchev–Trinajstić information content (AvgIpc) is 2.49. The lowest BCUT2D eigenvalue weighted by Crippen LogP contribution is -2.08. The van der Waals surface area contributed by atoms with Crippen molar-refractivity contribution in [3.05, 3.63) is 35.4 Å². The van der Waals surface area contributed by atoms with E-state index in [4.69, 9.17) is 9.59 Å². The van der Waals surface area contributed by atoms with Crippen LogP contribution >= 0.6 is 0 Å². The molecule has 3 nitrogen and oxygen atoms in total. The van der Waals surface area contributed by atoms with Crippen molar-refractivity contribution in [1.29, 1.82) is 0 Å². The molecule has 0 aliphatic heterocycles. The molecule has 0 aromatic heterocycles. The van der Waals surface area contributed by atoms with Crippen molar-refractivity contribution in [2.45, 2.75) is 34.6 Å². The van der Waals surface area contributed by atoms with E-state index in [0.717, 1.165) is 6.54 Å². The van der Waals surface area contributed by atoms with Gasteiger partial charge in [-0.15, -0.1) is 0 Å². The van der Waals surface area contributed by atoms with E-state index in [-0.39, 0.29) is 0 Å². The molecule has 0 aliphatic carbocycles. The monoisotopic (exact) mass is 269 g/mol. The van der Waals surface area contributed by atoms with Gasteiger partial charge in [-0.05, 0) is 45.6 Å². The lowest BCUT2D eigenvalue weighted by molar-refractivity contribution is -0.0987. The maximum absolute atomic E-state index is 8.00. The van der Waals surface area contributed by atoms with Crippen LogP contribution in [0.15, 0.2) is 24.3 Å². The average molecular weight is 269 g/mol. The van der Waals surface area contributed by atoms with Gasteiger partial charge in [0.2, 0.25) is 0 Å². The molecule has 0 heterocycles. The van der Waals surface area contributed by atoms with Crippen molar-refractivity contribution < 1.29 is 9.59 Å². The van der Waals surface area contributed by atoms with E-state index in [2.05, 4.69) is 64.0 Å². The van der Waals surface area contributed by atoms with Crippen LogP contribution in [0.25, 0.3) is 0 Å². The second-order valence-corrected chi connectivity index (χ2v) is 3.48. The van der Waals surface area contributed by atoms with Gasteiger partial charge in [0.15, 0.2) is 0 Å². The Labute approximate surface area is 119 Å².